The first-order chi connectivity index (χ1) is 9.04. The fourth-order valence-electron chi connectivity index (χ4n) is 1.32. The van der Waals surface area contributed by atoms with Crippen molar-refractivity contribution < 1.29 is 14.3 Å². The maximum atomic E-state index is 11.8. The molecule has 1 rings (SSSR count). The van der Waals surface area contributed by atoms with Gasteiger partial charge < -0.3 is 14.6 Å². The number of nitrogens with zero attached hydrogens (tertiary/aromatic N) is 1. The molecule has 1 amide bonds. The summed E-state index contributed by atoms with van der Waals surface area (Å²) in [6.45, 7) is 5.94. The highest BCUT2D eigenvalue weighted by Gasteiger charge is 2.21. The fraction of sp³-hybridized carbons (Fsp3) is 0.364. The molecule has 0 atom stereocenters. The number of amides is 1. The Balaban J connectivity index is 3.25. The number of hydrogen-bond donors (Lipinski definition) is 1. The molecule has 0 radical (unpaired) electrons. The molecule has 0 aliphatic rings. The number of nitrogens with one attached hydrogen (secondary N) is 1. The zero-order chi connectivity index (χ0) is 14.4. The molecular weight excluding hydrogens is 308 g/mol. The van der Waals surface area contributed by atoms with Crippen LogP contribution in [0.1, 0.15) is 16.6 Å². The molecule has 0 aliphatic heterocycles. The van der Waals surface area contributed by atoms with Crippen LogP contribution in [-0.2, 0) is 16.1 Å². The van der Waals surface area contributed by atoms with E-state index in [4.69, 9.17) is 28.6 Å². The van der Waals surface area contributed by atoms with Crippen LogP contribution < -0.4 is 5.32 Å². The van der Waals surface area contributed by atoms with Crippen LogP contribution in [-0.4, -0.2) is 28.9 Å². The second kappa shape index (κ2) is 7.42. The van der Waals surface area contributed by atoms with Gasteiger partial charge in [-0.1, -0.05) is 17.4 Å². The third-order valence-electron chi connectivity index (χ3n) is 2.05. The molecule has 0 saturated carbocycles. The van der Waals surface area contributed by atoms with Crippen molar-refractivity contribution in [3.8, 4) is 0 Å². The van der Waals surface area contributed by atoms with Gasteiger partial charge in [-0.2, -0.15) is 0 Å². The van der Waals surface area contributed by atoms with E-state index in [-0.39, 0.29) is 17.4 Å². The van der Waals surface area contributed by atoms with Gasteiger partial charge in [0, 0.05) is 6.54 Å². The first-order valence-corrected chi connectivity index (χ1v) is 7.18. The molecule has 1 aromatic rings. The molecule has 0 aromatic carbocycles. The number of hydrogen-bond acceptors (Lipinski definition) is 5. The minimum atomic E-state index is -0.522. The second-order valence-electron chi connectivity index (χ2n) is 3.35. The van der Waals surface area contributed by atoms with E-state index >= 15 is 0 Å². The topological polar surface area (TPSA) is 60.3 Å². The van der Waals surface area contributed by atoms with E-state index in [0.717, 1.165) is 11.3 Å². The van der Waals surface area contributed by atoms with Crippen LogP contribution in [0.25, 0.3) is 0 Å². The summed E-state index contributed by atoms with van der Waals surface area (Å²) in [6.07, 6.45) is 1.62. The summed E-state index contributed by atoms with van der Waals surface area (Å²) in [5.74, 6) is -0.845. The van der Waals surface area contributed by atoms with Gasteiger partial charge in [-0.15, -0.1) is 18.2 Å². The predicted octanol–water partition coefficient (Wildman–Crippen LogP) is 2.82. The van der Waals surface area contributed by atoms with Crippen molar-refractivity contribution in [1.82, 2.24) is 4.57 Å². The van der Waals surface area contributed by atoms with Gasteiger partial charge in [-0.05, 0) is 19.1 Å². The summed E-state index contributed by atoms with van der Waals surface area (Å²) in [5, 5.41) is 2.56. The number of thiazole rings is 1. The van der Waals surface area contributed by atoms with Gasteiger partial charge in [0.05, 0.1) is 6.61 Å². The number of carbonyl (C=O) groups is 2. The van der Waals surface area contributed by atoms with Gasteiger partial charge in [0.1, 0.15) is 11.7 Å². The largest absolute Gasteiger partial charge is 0.462 e. The number of aromatic nitrogens is 1. The third kappa shape index (κ3) is 3.89. The van der Waals surface area contributed by atoms with Crippen LogP contribution in [0.5, 0.6) is 0 Å². The van der Waals surface area contributed by atoms with Crippen molar-refractivity contribution in [1.29, 1.82) is 0 Å². The van der Waals surface area contributed by atoms with Crippen molar-refractivity contribution in [3.05, 3.63) is 21.5 Å². The summed E-state index contributed by atoms with van der Waals surface area (Å²) in [4.78, 5) is 23.5. The number of ether oxygens (including phenoxy) is 1. The smallest absolute Gasteiger partial charge is 0.352 e. The Hall–Kier alpha value is -1.18. The van der Waals surface area contributed by atoms with Crippen molar-refractivity contribution in [2.45, 2.75) is 13.5 Å². The summed E-state index contributed by atoms with van der Waals surface area (Å²) in [5.41, 5.74) is 0. The number of esters is 1. The molecule has 0 aliphatic carbocycles. The molecule has 0 spiro atoms. The van der Waals surface area contributed by atoms with Crippen molar-refractivity contribution in [3.63, 3.8) is 0 Å². The average Bonchev–Trinajstić information content (AvgIpc) is 2.68. The van der Waals surface area contributed by atoms with Crippen LogP contribution in [0.4, 0.5) is 5.82 Å². The van der Waals surface area contributed by atoms with Gasteiger partial charge in [0.15, 0.2) is 8.83 Å². The van der Waals surface area contributed by atoms with Crippen LogP contribution in [0.15, 0.2) is 12.7 Å². The highest BCUT2D eigenvalue weighted by molar-refractivity contribution is 7.73. The Morgan fingerprint density at radius 2 is 2.32 bits per heavy atom. The number of rotatable bonds is 6. The molecule has 1 N–H and O–H groups in total. The van der Waals surface area contributed by atoms with Gasteiger partial charge in [-0.25, -0.2) is 4.79 Å². The Morgan fingerprint density at radius 3 is 2.84 bits per heavy atom. The zero-order valence-corrected chi connectivity index (χ0v) is 12.7. The van der Waals surface area contributed by atoms with Crippen LogP contribution in [0, 0.1) is 3.95 Å². The van der Waals surface area contributed by atoms with Crippen LogP contribution in [0.3, 0.4) is 0 Å². The number of halogens is 1. The maximum Gasteiger partial charge on any atom is 0.352 e. The van der Waals surface area contributed by atoms with E-state index < -0.39 is 11.9 Å². The molecule has 8 heteroatoms. The van der Waals surface area contributed by atoms with Crippen LogP contribution in [0.2, 0.25) is 0 Å². The molecule has 104 valence electrons. The lowest BCUT2D eigenvalue weighted by atomic mass is 10.4. The highest BCUT2D eigenvalue weighted by atomic mass is 35.5. The molecule has 0 fully saturated rings. The van der Waals surface area contributed by atoms with E-state index in [1.807, 2.05) is 0 Å². The second-order valence-corrected chi connectivity index (χ2v) is 5.26. The van der Waals surface area contributed by atoms with Crippen molar-refractivity contribution in [2.24, 2.45) is 0 Å². The van der Waals surface area contributed by atoms with Gasteiger partial charge in [0.25, 0.3) is 0 Å². The quantitative estimate of drug-likeness (QED) is 0.379. The third-order valence-corrected chi connectivity index (χ3v) is 3.72. The number of alkyl halides is 1. The van der Waals surface area contributed by atoms with Gasteiger partial charge in [0.2, 0.25) is 5.91 Å². The van der Waals surface area contributed by atoms with E-state index in [2.05, 4.69) is 11.9 Å². The van der Waals surface area contributed by atoms with E-state index in [1.54, 1.807) is 17.6 Å². The Morgan fingerprint density at radius 1 is 1.63 bits per heavy atom. The normalized spacial score (nSPS) is 10.0. The summed E-state index contributed by atoms with van der Waals surface area (Å²) < 4.78 is 6.98. The average molecular weight is 321 g/mol. The lowest BCUT2D eigenvalue weighted by Crippen LogP contribution is -2.18. The summed E-state index contributed by atoms with van der Waals surface area (Å²) in [7, 11) is 0. The molecule has 5 nitrogen and oxygen atoms in total. The first kappa shape index (κ1) is 15.9. The maximum absolute atomic E-state index is 11.8. The molecule has 0 bridgehead atoms. The fourth-order valence-corrected chi connectivity index (χ4v) is 2.66. The summed E-state index contributed by atoms with van der Waals surface area (Å²) >= 11 is 11.7. The predicted molar refractivity (Wildman–Crippen MR) is 78.6 cm³/mol. The van der Waals surface area contributed by atoms with E-state index in [1.165, 1.54) is 0 Å². The number of carbonyl (C=O) groups excluding carboxylic acids is 2. The first-order valence-electron chi connectivity index (χ1n) is 5.42. The molecule has 1 aromatic heterocycles. The minimum absolute atomic E-state index is 0.209. The van der Waals surface area contributed by atoms with Crippen molar-refractivity contribution >= 4 is 52.8 Å². The number of allylic oxidation sites excluding steroid dienone is 1. The molecule has 0 saturated heterocycles. The summed E-state index contributed by atoms with van der Waals surface area (Å²) in [6, 6.07) is 0. The lowest BCUT2D eigenvalue weighted by Gasteiger charge is -2.09. The molecule has 1 heterocycles. The van der Waals surface area contributed by atoms with Gasteiger partial charge >= 0.3 is 5.97 Å². The monoisotopic (exact) mass is 320 g/mol. The lowest BCUT2D eigenvalue weighted by molar-refractivity contribution is -0.114. The van der Waals surface area contributed by atoms with Crippen LogP contribution >= 0.6 is 35.2 Å². The SMILES string of the molecule is C=CCn1c(NC(=O)CCl)c(C(=O)OCC)sc1=S. The Labute approximate surface area is 124 Å². The van der Waals surface area contributed by atoms with E-state index in [9.17, 15) is 9.59 Å². The van der Waals surface area contributed by atoms with Gasteiger partial charge in [-0.3, -0.25) is 4.79 Å². The molecular formula is C11H13ClN2O3S2. The highest BCUT2D eigenvalue weighted by Crippen LogP contribution is 2.26. The van der Waals surface area contributed by atoms with E-state index in [0.29, 0.717) is 16.3 Å². The Kier molecular flexibility index (Phi) is 6.20. The minimum Gasteiger partial charge on any atom is -0.462 e. The molecule has 19 heavy (non-hydrogen) atoms. The Bertz CT molecular complexity index is 551. The standard InChI is InChI=1S/C11H13ClN2O3S2/c1-3-5-14-9(13-7(15)6-12)8(19-11(14)18)10(16)17-4-2/h3H,1,4-6H2,2H3,(H,13,15). The number of anilines is 1. The molecule has 0 unspecified atom stereocenters. The zero-order valence-electron chi connectivity index (χ0n) is 10.3. The van der Waals surface area contributed by atoms with Crippen molar-refractivity contribution in [2.75, 3.05) is 17.8 Å².